The Kier molecular flexibility index (Phi) is 7.21. The lowest BCUT2D eigenvalue weighted by molar-refractivity contribution is -0.121. The normalized spacial score (nSPS) is 12.2. The molecular weight excluding hydrogens is 283 g/mol. The van der Waals surface area contributed by atoms with E-state index in [1.54, 1.807) is 6.07 Å². The third-order valence-corrected chi connectivity index (χ3v) is 3.60. The SMILES string of the molecule is CCC(C)NC(=O)CCNCc1ccc(Cl)c(Cl)c1. The van der Waals surface area contributed by atoms with Gasteiger partial charge in [0.2, 0.25) is 5.91 Å². The predicted octanol–water partition coefficient (Wildman–Crippen LogP) is 3.39. The van der Waals surface area contributed by atoms with Crippen LogP contribution in [0, 0.1) is 0 Å². The van der Waals surface area contributed by atoms with Gasteiger partial charge in [-0.3, -0.25) is 4.79 Å². The van der Waals surface area contributed by atoms with Crippen LogP contribution in [0.2, 0.25) is 10.0 Å². The molecular formula is C14H20Cl2N2O. The maximum atomic E-state index is 11.5. The van der Waals surface area contributed by atoms with Crippen molar-refractivity contribution in [2.45, 2.75) is 39.3 Å². The van der Waals surface area contributed by atoms with Crippen molar-refractivity contribution in [1.82, 2.24) is 10.6 Å². The van der Waals surface area contributed by atoms with Crippen LogP contribution < -0.4 is 10.6 Å². The molecule has 1 aromatic carbocycles. The fourth-order valence-electron chi connectivity index (χ4n) is 1.53. The molecule has 0 heterocycles. The molecule has 0 bridgehead atoms. The Balaban J connectivity index is 2.23. The number of carbonyl (C=O) groups is 1. The van der Waals surface area contributed by atoms with Gasteiger partial charge in [-0.15, -0.1) is 0 Å². The van der Waals surface area contributed by atoms with Gasteiger partial charge in [0.15, 0.2) is 0 Å². The molecule has 0 saturated carbocycles. The second-order valence-electron chi connectivity index (χ2n) is 4.55. The molecule has 1 unspecified atom stereocenters. The van der Waals surface area contributed by atoms with Crippen molar-refractivity contribution in [1.29, 1.82) is 0 Å². The lowest BCUT2D eigenvalue weighted by Crippen LogP contribution is -2.33. The van der Waals surface area contributed by atoms with Gasteiger partial charge in [0.1, 0.15) is 0 Å². The molecule has 0 aromatic heterocycles. The highest BCUT2D eigenvalue weighted by Gasteiger charge is 2.05. The van der Waals surface area contributed by atoms with Gasteiger partial charge in [-0.1, -0.05) is 36.2 Å². The van der Waals surface area contributed by atoms with Gasteiger partial charge in [0.05, 0.1) is 10.0 Å². The van der Waals surface area contributed by atoms with Gasteiger partial charge >= 0.3 is 0 Å². The smallest absolute Gasteiger partial charge is 0.221 e. The lowest BCUT2D eigenvalue weighted by Gasteiger charge is -2.11. The first-order chi connectivity index (χ1) is 9.02. The molecule has 0 aliphatic heterocycles. The van der Waals surface area contributed by atoms with E-state index in [1.807, 2.05) is 26.0 Å². The van der Waals surface area contributed by atoms with E-state index in [4.69, 9.17) is 23.2 Å². The topological polar surface area (TPSA) is 41.1 Å². The zero-order valence-electron chi connectivity index (χ0n) is 11.3. The third-order valence-electron chi connectivity index (χ3n) is 2.86. The average molecular weight is 303 g/mol. The first-order valence-corrected chi connectivity index (χ1v) is 7.22. The molecule has 0 fully saturated rings. The number of hydrogen-bond acceptors (Lipinski definition) is 2. The maximum Gasteiger partial charge on any atom is 0.221 e. The van der Waals surface area contributed by atoms with Crippen LogP contribution >= 0.6 is 23.2 Å². The minimum atomic E-state index is 0.0796. The van der Waals surface area contributed by atoms with Crippen molar-refractivity contribution in [2.24, 2.45) is 0 Å². The molecule has 19 heavy (non-hydrogen) atoms. The fourth-order valence-corrected chi connectivity index (χ4v) is 1.85. The molecule has 1 aromatic rings. The minimum absolute atomic E-state index is 0.0796. The first-order valence-electron chi connectivity index (χ1n) is 6.47. The molecule has 0 radical (unpaired) electrons. The number of rotatable bonds is 7. The third kappa shape index (κ3) is 6.28. The second-order valence-corrected chi connectivity index (χ2v) is 5.37. The molecule has 0 spiro atoms. The van der Waals surface area contributed by atoms with Crippen LogP contribution in [0.1, 0.15) is 32.3 Å². The molecule has 1 atom stereocenters. The molecule has 0 aliphatic rings. The monoisotopic (exact) mass is 302 g/mol. The summed E-state index contributed by atoms with van der Waals surface area (Å²) in [5.41, 5.74) is 1.05. The summed E-state index contributed by atoms with van der Waals surface area (Å²) in [7, 11) is 0. The molecule has 3 nitrogen and oxygen atoms in total. The van der Waals surface area contributed by atoms with E-state index in [-0.39, 0.29) is 11.9 Å². The Hall–Kier alpha value is -0.770. The number of benzene rings is 1. The number of halogens is 2. The van der Waals surface area contributed by atoms with E-state index in [0.29, 0.717) is 29.6 Å². The Bertz CT molecular complexity index is 424. The highest BCUT2D eigenvalue weighted by Crippen LogP contribution is 2.22. The van der Waals surface area contributed by atoms with E-state index < -0.39 is 0 Å². The van der Waals surface area contributed by atoms with Crippen molar-refractivity contribution >= 4 is 29.1 Å². The quantitative estimate of drug-likeness (QED) is 0.758. The molecule has 0 saturated heterocycles. The van der Waals surface area contributed by atoms with Crippen LogP contribution in [0.4, 0.5) is 0 Å². The van der Waals surface area contributed by atoms with E-state index in [0.717, 1.165) is 12.0 Å². The number of hydrogen-bond donors (Lipinski definition) is 2. The van der Waals surface area contributed by atoms with Crippen LogP contribution in [0.5, 0.6) is 0 Å². The van der Waals surface area contributed by atoms with Crippen molar-refractivity contribution in [3.05, 3.63) is 33.8 Å². The molecule has 1 amide bonds. The Labute approximate surface area is 124 Å². The van der Waals surface area contributed by atoms with Gasteiger partial charge in [0, 0.05) is 25.6 Å². The summed E-state index contributed by atoms with van der Waals surface area (Å²) in [6, 6.07) is 5.76. The van der Waals surface area contributed by atoms with Crippen LogP contribution in [0.25, 0.3) is 0 Å². The summed E-state index contributed by atoms with van der Waals surface area (Å²) >= 11 is 11.8. The average Bonchev–Trinajstić information content (AvgIpc) is 2.38. The van der Waals surface area contributed by atoms with Crippen molar-refractivity contribution in [3.8, 4) is 0 Å². The Morgan fingerprint density at radius 3 is 2.68 bits per heavy atom. The summed E-state index contributed by atoms with van der Waals surface area (Å²) in [5, 5.41) is 7.24. The van der Waals surface area contributed by atoms with Crippen LogP contribution in [-0.2, 0) is 11.3 Å². The molecule has 1 rings (SSSR count). The molecule has 5 heteroatoms. The van der Waals surface area contributed by atoms with Gasteiger partial charge in [-0.25, -0.2) is 0 Å². The first kappa shape index (κ1) is 16.3. The highest BCUT2D eigenvalue weighted by atomic mass is 35.5. The molecule has 2 N–H and O–H groups in total. The number of amides is 1. The maximum absolute atomic E-state index is 11.5. The largest absolute Gasteiger partial charge is 0.354 e. The lowest BCUT2D eigenvalue weighted by atomic mass is 10.2. The summed E-state index contributed by atoms with van der Waals surface area (Å²) in [6.07, 6.45) is 1.42. The van der Waals surface area contributed by atoms with E-state index in [1.165, 1.54) is 0 Å². The summed E-state index contributed by atoms with van der Waals surface area (Å²) in [5.74, 6) is 0.0796. The van der Waals surface area contributed by atoms with Gasteiger partial charge < -0.3 is 10.6 Å². The van der Waals surface area contributed by atoms with Gasteiger partial charge in [-0.05, 0) is 31.0 Å². The van der Waals surface area contributed by atoms with Crippen molar-refractivity contribution in [2.75, 3.05) is 6.54 Å². The number of carbonyl (C=O) groups excluding carboxylic acids is 1. The van der Waals surface area contributed by atoms with Crippen LogP contribution in [0.15, 0.2) is 18.2 Å². The summed E-state index contributed by atoms with van der Waals surface area (Å²) in [4.78, 5) is 11.5. The number of nitrogens with one attached hydrogen (secondary N) is 2. The highest BCUT2D eigenvalue weighted by molar-refractivity contribution is 6.42. The summed E-state index contributed by atoms with van der Waals surface area (Å²) < 4.78 is 0. The standard InChI is InChI=1S/C14H20Cl2N2O/c1-3-10(2)18-14(19)6-7-17-9-11-4-5-12(15)13(16)8-11/h4-5,8,10,17H,3,6-7,9H2,1-2H3,(H,18,19). The minimum Gasteiger partial charge on any atom is -0.354 e. The van der Waals surface area contributed by atoms with Crippen LogP contribution in [-0.4, -0.2) is 18.5 Å². The summed E-state index contributed by atoms with van der Waals surface area (Å²) in [6.45, 7) is 5.37. The Morgan fingerprint density at radius 1 is 1.32 bits per heavy atom. The Morgan fingerprint density at radius 2 is 2.05 bits per heavy atom. The second kappa shape index (κ2) is 8.41. The van der Waals surface area contributed by atoms with E-state index in [9.17, 15) is 4.79 Å². The molecule has 0 aliphatic carbocycles. The van der Waals surface area contributed by atoms with E-state index in [2.05, 4.69) is 10.6 Å². The zero-order valence-corrected chi connectivity index (χ0v) is 12.8. The van der Waals surface area contributed by atoms with Gasteiger partial charge in [0.25, 0.3) is 0 Å². The zero-order chi connectivity index (χ0) is 14.3. The van der Waals surface area contributed by atoms with Gasteiger partial charge in [-0.2, -0.15) is 0 Å². The van der Waals surface area contributed by atoms with Crippen LogP contribution in [0.3, 0.4) is 0 Å². The fraction of sp³-hybridized carbons (Fsp3) is 0.500. The van der Waals surface area contributed by atoms with Crippen molar-refractivity contribution < 1.29 is 4.79 Å². The molecule has 106 valence electrons. The van der Waals surface area contributed by atoms with Crippen molar-refractivity contribution in [3.63, 3.8) is 0 Å². The van der Waals surface area contributed by atoms with E-state index >= 15 is 0 Å². The predicted molar refractivity (Wildman–Crippen MR) is 80.7 cm³/mol.